The van der Waals surface area contributed by atoms with Gasteiger partial charge in [-0.05, 0) is 24.6 Å². The third-order valence-corrected chi connectivity index (χ3v) is 7.65. The van der Waals surface area contributed by atoms with Crippen molar-refractivity contribution in [1.82, 2.24) is 14.1 Å². The number of halogens is 2. The van der Waals surface area contributed by atoms with Crippen molar-refractivity contribution in [1.29, 1.82) is 0 Å². The number of aliphatic hydroxyl groups excluding tert-OH is 1. The summed E-state index contributed by atoms with van der Waals surface area (Å²) in [6.45, 7) is 3.96. The van der Waals surface area contributed by atoms with E-state index in [2.05, 4.69) is 0 Å². The summed E-state index contributed by atoms with van der Waals surface area (Å²) in [7, 11) is -3.24. The van der Waals surface area contributed by atoms with Crippen molar-refractivity contribution in [2.24, 2.45) is 5.92 Å². The van der Waals surface area contributed by atoms with Gasteiger partial charge in [-0.3, -0.25) is 0 Å². The number of piperazine rings is 1. The Morgan fingerprint density at radius 2 is 1.75 bits per heavy atom. The molecule has 2 aliphatic rings. The second kappa shape index (κ2) is 8.36. The maximum Gasteiger partial charge on any atom is 0.320 e. The summed E-state index contributed by atoms with van der Waals surface area (Å²) >= 11 is 12.2. The smallest absolute Gasteiger partial charge is 0.320 e. The van der Waals surface area contributed by atoms with E-state index < -0.39 is 16.1 Å². The highest BCUT2D eigenvalue weighted by atomic mass is 35.5. The number of nitrogens with zero attached hydrogens (tertiary/aromatic N) is 3. The van der Waals surface area contributed by atoms with Crippen LogP contribution >= 0.6 is 23.2 Å². The lowest BCUT2D eigenvalue weighted by atomic mass is 9.86. The fourth-order valence-electron chi connectivity index (χ4n) is 3.98. The first kappa shape index (κ1) is 21.6. The molecule has 0 unspecified atom stereocenters. The second-order valence-electron chi connectivity index (χ2n) is 7.52. The van der Waals surface area contributed by atoms with Gasteiger partial charge in [-0.15, -0.1) is 0 Å². The molecule has 156 valence electrons. The maximum absolute atomic E-state index is 13.0. The lowest BCUT2D eigenvalue weighted by Crippen LogP contribution is -2.53. The first-order valence-corrected chi connectivity index (χ1v) is 11.8. The fourth-order valence-corrected chi connectivity index (χ4v) is 5.11. The van der Waals surface area contributed by atoms with E-state index in [0.29, 0.717) is 49.3 Å². The van der Waals surface area contributed by atoms with E-state index in [9.17, 15) is 18.3 Å². The van der Waals surface area contributed by atoms with Gasteiger partial charge < -0.3 is 14.9 Å². The number of rotatable bonds is 3. The predicted octanol–water partition coefficient (Wildman–Crippen LogP) is 2.09. The van der Waals surface area contributed by atoms with Gasteiger partial charge in [0.1, 0.15) is 0 Å². The van der Waals surface area contributed by atoms with Gasteiger partial charge in [0.15, 0.2) is 0 Å². The van der Waals surface area contributed by atoms with E-state index >= 15 is 0 Å². The lowest BCUT2D eigenvalue weighted by molar-refractivity contribution is 0.115. The zero-order valence-corrected chi connectivity index (χ0v) is 18.2. The van der Waals surface area contributed by atoms with Crippen molar-refractivity contribution < 1.29 is 18.3 Å². The molecule has 0 radical (unpaired) electrons. The third-order valence-electron chi connectivity index (χ3n) is 5.61. The number of carbonyl (C=O) groups is 1. The van der Waals surface area contributed by atoms with Crippen LogP contribution in [0.5, 0.6) is 0 Å². The van der Waals surface area contributed by atoms with Crippen molar-refractivity contribution in [3.05, 3.63) is 33.8 Å². The molecular weight excluding hydrogens is 425 g/mol. The number of aliphatic hydroxyl groups is 1. The number of likely N-dealkylation sites (tertiary alicyclic amines) is 1. The molecule has 0 aliphatic carbocycles. The first-order valence-electron chi connectivity index (χ1n) is 9.20. The number of sulfonamides is 1. The molecule has 2 amide bonds. The lowest BCUT2D eigenvalue weighted by Gasteiger charge is -2.35. The topological polar surface area (TPSA) is 81.2 Å². The van der Waals surface area contributed by atoms with Crippen molar-refractivity contribution in [2.45, 2.75) is 18.9 Å². The summed E-state index contributed by atoms with van der Waals surface area (Å²) in [5, 5.41) is 11.2. The van der Waals surface area contributed by atoms with Crippen LogP contribution in [0.4, 0.5) is 4.79 Å². The zero-order chi connectivity index (χ0) is 20.6. The summed E-state index contributed by atoms with van der Waals surface area (Å²) in [6.07, 6.45) is 0.597. The molecule has 28 heavy (non-hydrogen) atoms. The molecule has 2 heterocycles. The first-order chi connectivity index (χ1) is 13.1. The molecule has 3 rings (SSSR count). The number of amides is 2. The van der Waals surface area contributed by atoms with E-state index in [4.69, 9.17) is 23.2 Å². The monoisotopic (exact) mass is 449 g/mol. The van der Waals surface area contributed by atoms with Crippen LogP contribution in [0.15, 0.2) is 18.2 Å². The van der Waals surface area contributed by atoms with Gasteiger partial charge >= 0.3 is 6.03 Å². The number of carbonyl (C=O) groups excluding carboxylic acids is 1. The average molecular weight is 450 g/mol. The third kappa shape index (κ3) is 4.57. The van der Waals surface area contributed by atoms with Crippen LogP contribution < -0.4 is 0 Å². The van der Waals surface area contributed by atoms with E-state index in [0.717, 1.165) is 5.56 Å². The van der Waals surface area contributed by atoms with E-state index in [1.165, 1.54) is 10.6 Å². The molecule has 2 saturated heterocycles. The van der Waals surface area contributed by atoms with Crippen LogP contribution in [0.1, 0.15) is 18.4 Å². The Labute approximate surface area is 175 Å². The minimum absolute atomic E-state index is 0.0453. The van der Waals surface area contributed by atoms with Gasteiger partial charge in [0.25, 0.3) is 0 Å². The van der Waals surface area contributed by atoms with Gasteiger partial charge in [-0.1, -0.05) is 29.3 Å². The number of benzene rings is 1. The van der Waals surface area contributed by atoms with E-state index in [-0.39, 0.29) is 17.9 Å². The molecule has 1 N–H and O–H groups in total. The van der Waals surface area contributed by atoms with Gasteiger partial charge in [0, 0.05) is 51.1 Å². The Morgan fingerprint density at radius 1 is 1.11 bits per heavy atom. The average Bonchev–Trinajstić information content (AvgIpc) is 3.08. The van der Waals surface area contributed by atoms with Crippen molar-refractivity contribution in [2.75, 3.05) is 45.5 Å². The minimum Gasteiger partial charge on any atom is -0.393 e. The molecule has 2 fully saturated rings. The van der Waals surface area contributed by atoms with Crippen LogP contribution in [0.3, 0.4) is 0 Å². The molecule has 0 bridgehead atoms. The Kier molecular flexibility index (Phi) is 6.46. The highest BCUT2D eigenvalue weighted by Gasteiger charge is 2.40. The van der Waals surface area contributed by atoms with Gasteiger partial charge in [0.05, 0.1) is 22.4 Å². The molecule has 1 aromatic carbocycles. The highest BCUT2D eigenvalue weighted by molar-refractivity contribution is 7.88. The molecule has 0 saturated carbocycles. The molecule has 2 aliphatic heterocycles. The molecular formula is C18H25Cl2N3O4S. The summed E-state index contributed by atoms with van der Waals surface area (Å²) in [4.78, 5) is 16.4. The molecule has 3 atom stereocenters. The van der Waals surface area contributed by atoms with Crippen LogP contribution in [-0.2, 0) is 10.0 Å². The molecule has 0 aromatic heterocycles. The molecule has 0 spiro atoms. The number of hydrogen-bond acceptors (Lipinski definition) is 4. The molecule has 1 aromatic rings. The van der Waals surface area contributed by atoms with Crippen molar-refractivity contribution in [3.63, 3.8) is 0 Å². The van der Waals surface area contributed by atoms with Gasteiger partial charge in [-0.25, -0.2) is 13.2 Å². The maximum atomic E-state index is 13.0. The highest BCUT2D eigenvalue weighted by Crippen LogP contribution is 2.37. The SMILES string of the molecule is C[C@H](O)[C@@H]1CN(C(=O)N2CCN(S(C)(=O)=O)CC2)C[C@H]1c1ccc(Cl)c(Cl)c1. The van der Waals surface area contributed by atoms with Crippen LogP contribution in [-0.4, -0.2) is 85.3 Å². The Morgan fingerprint density at radius 3 is 2.29 bits per heavy atom. The van der Waals surface area contributed by atoms with E-state index in [1.807, 2.05) is 6.07 Å². The normalized spacial score (nSPS) is 25.2. The Balaban J connectivity index is 1.71. The standard InChI is InChI=1S/C18H25Cl2N3O4S/c1-12(24)14-10-22(11-15(14)13-3-4-16(19)17(20)9-13)18(25)21-5-7-23(8-6-21)28(2,26)27/h3-4,9,12,14-15,24H,5-8,10-11H2,1-2H3/t12-,14-,15-/m0/s1. The summed E-state index contributed by atoms with van der Waals surface area (Å²) in [5.41, 5.74) is 0.942. The Bertz CT molecular complexity index is 841. The Hall–Kier alpha value is -1.06. The number of urea groups is 1. The summed E-state index contributed by atoms with van der Waals surface area (Å²) in [6, 6.07) is 5.28. The second-order valence-corrected chi connectivity index (χ2v) is 10.3. The summed E-state index contributed by atoms with van der Waals surface area (Å²) in [5.74, 6) is -0.158. The van der Waals surface area contributed by atoms with Crippen molar-refractivity contribution in [3.8, 4) is 0 Å². The summed E-state index contributed by atoms with van der Waals surface area (Å²) < 4.78 is 24.7. The van der Waals surface area contributed by atoms with Crippen molar-refractivity contribution >= 4 is 39.3 Å². The molecule has 7 nitrogen and oxygen atoms in total. The minimum atomic E-state index is -3.24. The van der Waals surface area contributed by atoms with Gasteiger partial charge in [0.2, 0.25) is 10.0 Å². The fraction of sp³-hybridized carbons (Fsp3) is 0.611. The predicted molar refractivity (Wildman–Crippen MR) is 109 cm³/mol. The van der Waals surface area contributed by atoms with E-state index in [1.54, 1.807) is 28.9 Å². The van der Waals surface area contributed by atoms with Gasteiger partial charge in [-0.2, -0.15) is 4.31 Å². The largest absolute Gasteiger partial charge is 0.393 e. The number of hydrogen-bond donors (Lipinski definition) is 1. The zero-order valence-electron chi connectivity index (χ0n) is 15.9. The quantitative estimate of drug-likeness (QED) is 0.765. The van der Waals surface area contributed by atoms with Crippen LogP contribution in [0.2, 0.25) is 10.0 Å². The van der Waals surface area contributed by atoms with Crippen LogP contribution in [0, 0.1) is 5.92 Å². The molecule has 10 heteroatoms. The van der Waals surface area contributed by atoms with Crippen LogP contribution in [0.25, 0.3) is 0 Å².